The maximum Gasteiger partial charge on any atom is 0.307 e. The van der Waals surface area contributed by atoms with Crippen LogP contribution < -0.4 is 0 Å². The topological polar surface area (TPSA) is 82.1 Å². The molecule has 0 aromatic heterocycles. The quantitative estimate of drug-likeness (QED) is 0.0646. The van der Waals surface area contributed by atoms with E-state index in [4.69, 9.17) is 14.2 Å². The van der Waals surface area contributed by atoms with Crippen molar-refractivity contribution in [1.82, 2.24) is 4.90 Å². The van der Waals surface area contributed by atoms with Crippen molar-refractivity contribution in [3.8, 4) is 0 Å². The van der Waals surface area contributed by atoms with Crippen molar-refractivity contribution in [2.24, 2.45) is 0 Å². The molecule has 0 rings (SSSR count). The van der Waals surface area contributed by atoms with Crippen molar-refractivity contribution in [2.45, 2.75) is 136 Å². The van der Waals surface area contributed by atoms with Crippen LogP contribution in [0.3, 0.4) is 0 Å². The first kappa shape index (κ1) is 35.4. The van der Waals surface area contributed by atoms with Crippen LogP contribution in [0.1, 0.15) is 136 Å². The normalized spacial score (nSPS) is 11.0. The number of hydrogen-bond acceptors (Lipinski definition) is 7. The predicted molar refractivity (Wildman–Crippen MR) is 149 cm³/mol. The monoisotopic (exact) mass is 527 g/mol. The Balaban J connectivity index is 4.35. The van der Waals surface area contributed by atoms with Gasteiger partial charge in [0.25, 0.3) is 0 Å². The fourth-order valence-corrected chi connectivity index (χ4v) is 3.97. The van der Waals surface area contributed by atoms with Crippen LogP contribution in [0.15, 0.2) is 0 Å². The zero-order valence-corrected chi connectivity index (χ0v) is 24.4. The second-order valence-electron chi connectivity index (χ2n) is 10.00. The van der Waals surface area contributed by atoms with E-state index >= 15 is 0 Å². The summed E-state index contributed by atoms with van der Waals surface area (Å²) in [5, 5.41) is 0. The molecular weight excluding hydrogens is 470 g/mol. The molecule has 0 unspecified atom stereocenters. The average molecular weight is 528 g/mol. The smallest absolute Gasteiger partial charge is 0.307 e. The third kappa shape index (κ3) is 25.8. The van der Waals surface area contributed by atoms with Crippen LogP contribution >= 0.6 is 0 Å². The van der Waals surface area contributed by atoms with E-state index < -0.39 is 0 Å². The fourth-order valence-electron chi connectivity index (χ4n) is 3.97. The van der Waals surface area contributed by atoms with Crippen LogP contribution in [-0.4, -0.2) is 62.3 Å². The third-order valence-corrected chi connectivity index (χ3v) is 6.43. The first-order valence-electron chi connectivity index (χ1n) is 15.2. The van der Waals surface area contributed by atoms with E-state index in [0.717, 1.165) is 38.5 Å². The predicted octanol–water partition coefficient (Wildman–Crippen LogP) is 7.00. The largest absolute Gasteiger partial charge is 0.466 e. The summed E-state index contributed by atoms with van der Waals surface area (Å²) >= 11 is 0. The van der Waals surface area contributed by atoms with Gasteiger partial charge < -0.3 is 19.1 Å². The van der Waals surface area contributed by atoms with Crippen LogP contribution in [0.5, 0.6) is 0 Å². The second-order valence-corrected chi connectivity index (χ2v) is 10.00. The highest BCUT2D eigenvalue weighted by molar-refractivity contribution is 5.71. The minimum atomic E-state index is -0.232. The minimum absolute atomic E-state index is 0.232. The summed E-state index contributed by atoms with van der Waals surface area (Å²) in [6.45, 7) is 9.24. The molecular formula is C30H57NO6. The lowest BCUT2D eigenvalue weighted by molar-refractivity contribution is -0.144. The summed E-state index contributed by atoms with van der Waals surface area (Å²) in [7, 11) is 0. The lowest BCUT2D eigenvalue weighted by atomic mass is 10.2. The fraction of sp³-hybridized carbons (Fsp3) is 0.900. The van der Waals surface area contributed by atoms with Gasteiger partial charge in [0.15, 0.2) is 0 Å². The van der Waals surface area contributed by atoms with E-state index in [0.29, 0.717) is 39.5 Å². The molecule has 0 amide bonds. The molecule has 0 aliphatic heterocycles. The lowest BCUT2D eigenvalue weighted by Gasteiger charge is -2.21. The van der Waals surface area contributed by atoms with Gasteiger partial charge in [-0.1, -0.05) is 97.8 Å². The Bertz CT molecular complexity index is 478. The van der Waals surface area contributed by atoms with Crippen LogP contribution in [-0.2, 0) is 28.6 Å². The number of hydrogen-bond donors (Lipinski definition) is 0. The molecule has 218 valence electrons. The molecule has 0 aliphatic carbocycles. The number of esters is 3. The highest BCUT2D eigenvalue weighted by Crippen LogP contribution is 2.07. The molecule has 0 saturated heterocycles. The number of ether oxygens (including phenoxy) is 3. The molecule has 37 heavy (non-hydrogen) atoms. The summed E-state index contributed by atoms with van der Waals surface area (Å²) in [6, 6.07) is 0. The molecule has 0 heterocycles. The molecule has 0 aromatic rings. The lowest BCUT2D eigenvalue weighted by Crippen LogP contribution is -2.32. The number of carbonyl (C=O) groups excluding carboxylic acids is 3. The van der Waals surface area contributed by atoms with Gasteiger partial charge in [-0.25, -0.2) is 0 Å². The summed E-state index contributed by atoms with van der Waals surface area (Å²) in [6.07, 6.45) is 17.4. The van der Waals surface area contributed by atoms with Gasteiger partial charge in [0.2, 0.25) is 0 Å². The molecule has 0 radical (unpaired) electrons. The molecule has 0 fully saturated rings. The van der Waals surface area contributed by atoms with Gasteiger partial charge in [0.1, 0.15) is 0 Å². The molecule has 0 N–H and O–H groups in total. The summed E-state index contributed by atoms with van der Waals surface area (Å²) in [5.41, 5.74) is 0. The molecule has 0 spiro atoms. The van der Waals surface area contributed by atoms with Gasteiger partial charge >= 0.3 is 17.9 Å². The maximum atomic E-state index is 12.2. The summed E-state index contributed by atoms with van der Waals surface area (Å²) < 4.78 is 16.1. The molecule has 0 aliphatic rings. The number of unbranched alkanes of at least 4 members (excludes halogenated alkanes) is 12. The Kier molecular flexibility index (Phi) is 26.2. The Morgan fingerprint density at radius 3 is 0.973 bits per heavy atom. The van der Waals surface area contributed by atoms with E-state index in [1.54, 1.807) is 0 Å². The van der Waals surface area contributed by atoms with Gasteiger partial charge in [0.05, 0.1) is 39.1 Å². The maximum absolute atomic E-state index is 12.2. The van der Waals surface area contributed by atoms with Crippen molar-refractivity contribution >= 4 is 17.9 Å². The highest BCUT2D eigenvalue weighted by Gasteiger charge is 2.14. The van der Waals surface area contributed by atoms with E-state index in [1.807, 2.05) is 4.90 Å². The highest BCUT2D eigenvalue weighted by atomic mass is 16.5. The Morgan fingerprint density at radius 2 is 0.703 bits per heavy atom. The van der Waals surface area contributed by atoms with E-state index in [2.05, 4.69) is 20.8 Å². The molecule has 0 saturated carbocycles. The second kappa shape index (κ2) is 27.4. The molecule has 0 bridgehead atoms. The van der Waals surface area contributed by atoms with Gasteiger partial charge in [-0.3, -0.25) is 14.4 Å². The van der Waals surface area contributed by atoms with Gasteiger partial charge in [0, 0.05) is 19.6 Å². The van der Waals surface area contributed by atoms with Crippen molar-refractivity contribution in [2.75, 3.05) is 39.5 Å². The Morgan fingerprint density at radius 1 is 0.432 bits per heavy atom. The Hall–Kier alpha value is -1.63. The zero-order chi connectivity index (χ0) is 27.4. The number of nitrogens with zero attached hydrogens (tertiary/aromatic N) is 1. The van der Waals surface area contributed by atoms with Crippen molar-refractivity contribution in [3.63, 3.8) is 0 Å². The van der Waals surface area contributed by atoms with Crippen LogP contribution in [0.25, 0.3) is 0 Å². The minimum Gasteiger partial charge on any atom is -0.466 e. The van der Waals surface area contributed by atoms with Gasteiger partial charge in [-0.2, -0.15) is 0 Å². The van der Waals surface area contributed by atoms with Crippen molar-refractivity contribution < 1.29 is 28.6 Å². The molecule has 0 aromatic carbocycles. The molecule has 7 nitrogen and oxygen atoms in total. The molecule has 0 atom stereocenters. The zero-order valence-electron chi connectivity index (χ0n) is 24.4. The van der Waals surface area contributed by atoms with Gasteiger partial charge in [-0.05, 0) is 19.3 Å². The third-order valence-electron chi connectivity index (χ3n) is 6.43. The standard InChI is InChI=1S/C30H57NO6/c1-4-7-10-13-16-25-35-28(32)19-22-31(23-20-29(33)36-26-17-14-11-8-5-2)24-21-30(34)37-27-18-15-12-9-6-3/h4-27H2,1-3H3. The molecule has 7 heteroatoms. The van der Waals surface area contributed by atoms with E-state index in [1.165, 1.54) is 57.8 Å². The number of carbonyl (C=O) groups is 3. The first-order chi connectivity index (χ1) is 18.0. The van der Waals surface area contributed by atoms with E-state index in [-0.39, 0.29) is 37.2 Å². The van der Waals surface area contributed by atoms with Gasteiger partial charge in [-0.15, -0.1) is 0 Å². The average Bonchev–Trinajstić information content (AvgIpc) is 2.89. The van der Waals surface area contributed by atoms with Crippen LogP contribution in [0, 0.1) is 0 Å². The van der Waals surface area contributed by atoms with Crippen LogP contribution in [0.2, 0.25) is 0 Å². The Labute approximate surface area is 227 Å². The van der Waals surface area contributed by atoms with Crippen molar-refractivity contribution in [1.29, 1.82) is 0 Å². The van der Waals surface area contributed by atoms with Crippen molar-refractivity contribution in [3.05, 3.63) is 0 Å². The summed E-state index contributed by atoms with van der Waals surface area (Å²) in [4.78, 5) is 38.5. The summed E-state index contributed by atoms with van der Waals surface area (Å²) in [5.74, 6) is -0.695. The van der Waals surface area contributed by atoms with Crippen LogP contribution in [0.4, 0.5) is 0 Å². The SMILES string of the molecule is CCCCCCCOC(=O)CCN(CCC(=O)OCCCCCCC)CCC(=O)OCCCCCCC. The first-order valence-corrected chi connectivity index (χ1v) is 15.2. The number of rotatable bonds is 27. The van der Waals surface area contributed by atoms with E-state index in [9.17, 15) is 14.4 Å².